The first-order chi connectivity index (χ1) is 15.3. The van der Waals surface area contributed by atoms with Crippen molar-refractivity contribution in [2.24, 2.45) is 0 Å². The molecule has 0 saturated carbocycles. The molecule has 10 nitrogen and oxygen atoms in total. The van der Waals surface area contributed by atoms with Crippen LogP contribution >= 0.6 is 0 Å². The molecule has 0 aliphatic carbocycles. The number of carbonyl (C=O) groups excluding carboxylic acids is 2. The Bertz CT molecular complexity index is 986. The van der Waals surface area contributed by atoms with Gasteiger partial charge in [-0.1, -0.05) is 0 Å². The van der Waals surface area contributed by atoms with Crippen LogP contribution in [0.4, 0.5) is 19.7 Å². The number of anilines is 1. The van der Waals surface area contributed by atoms with Gasteiger partial charge in [0.15, 0.2) is 11.6 Å². The van der Waals surface area contributed by atoms with E-state index in [1.165, 1.54) is 17.0 Å². The van der Waals surface area contributed by atoms with E-state index in [0.717, 1.165) is 12.3 Å². The van der Waals surface area contributed by atoms with Gasteiger partial charge in [-0.3, -0.25) is 9.08 Å². The standard InChI is InChI=1S/C21H29FN2O8S/c1-21(2,3)32-19(25)23-9-7-15(8-10-23)30-18-6-5-14(11-17(18)22)24-12-16(31-20(24)26)13-29-33(4,27)28/h5-6,11,15-16H,7-10,12-13H2,1-4H3. The number of nitrogens with zero attached hydrogens (tertiary/aromatic N) is 2. The van der Waals surface area contributed by atoms with Crippen LogP contribution in [0.3, 0.4) is 0 Å². The van der Waals surface area contributed by atoms with E-state index in [1.54, 1.807) is 25.7 Å². The number of carbonyl (C=O) groups is 2. The Morgan fingerprint density at radius 1 is 1.24 bits per heavy atom. The molecule has 1 atom stereocenters. The highest BCUT2D eigenvalue weighted by atomic mass is 32.2. The molecule has 12 heteroatoms. The fourth-order valence-electron chi connectivity index (χ4n) is 3.43. The van der Waals surface area contributed by atoms with E-state index >= 15 is 0 Å². The molecule has 2 fully saturated rings. The molecule has 1 unspecified atom stereocenters. The van der Waals surface area contributed by atoms with Gasteiger partial charge in [0.2, 0.25) is 0 Å². The first-order valence-corrected chi connectivity index (χ1v) is 12.4. The van der Waals surface area contributed by atoms with Gasteiger partial charge in [0.1, 0.15) is 24.4 Å². The topological polar surface area (TPSA) is 112 Å². The predicted octanol–water partition coefficient (Wildman–Crippen LogP) is 2.91. The molecule has 2 saturated heterocycles. The minimum atomic E-state index is -3.67. The molecule has 1 aromatic carbocycles. The van der Waals surface area contributed by atoms with Gasteiger partial charge in [0.25, 0.3) is 10.1 Å². The lowest BCUT2D eigenvalue weighted by molar-refractivity contribution is 0.0123. The quantitative estimate of drug-likeness (QED) is 0.562. The molecular formula is C21H29FN2O8S. The lowest BCUT2D eigenvalue weighted by atomic mass is 10.1. The molecular weight excluding hydrogens is 459 g/mol. The molecule has 1 aromatic rings. The van der Waals surface area contributed by atoms with Gasteiger partial charge in [-0.2, -0.15) is 8.42 Å². The number of hydrogen-bond acceptors (Lipinski definition) is 8. The van der Waals surface area contributed by atoms with Crippen LogP contribution in [0, 0.1) is 5.82 Å². The highest BCUT2D eigenvalue weighted by Gasteiger charge is 2.34. The molecule has 0 radical (unpaired) electrons. The first-order valence-electron chi connectivity index (χ1n) is 10.6. The van der Waals surface area contributed by atoms with E-state index in [2.05, 4.69) is 4.18 Å². The lowest BCUT2D eigenvalue weighted by Gasteiger charge is -2.33. The van der Waals surface area contributed by atoms with Crippen molar-refractivity contribution < 1.29 is 40.8 Å². The predicted molar refractivity (Wildman–Crippen MR) is 116 cm³/mol. The molecule has 0 aromatic heterocycles. The van der Waals surface area contributed by atoms with Crippen molar-refractivity contribution in [2.45, 2.75) is 51.4 Å². The van der Waals surface area contributed by atoms with Gasteiger partial charge in [0.05, 0.1) is 18.5 Å². The van der Waals surface area contributed by atoms with E-state index in [4.69, 9.17) is 14.2 Å². The number of rotatable bonds is 6. The zero-order valence-corrected chi connectivity index (χ0v) is 19.9. The van der Waals surface area contributed by atoms with E-state index < -0.39 is 33.7 Å². The number of piperidine rings is 1. The van der Waals surface area contributed by atoms with Crippen LogP contribution in [-0.4, -0.2) is 75.8 Å². The number of cyclic esters (lactones) is 1. The fourth-order valence-corrected chi connectivity index (χ4v) is 3.83. The van der Waals surface area contributed by atoms with E-state index in [-0.39, 0.29) is 36.8 Å². The Morgan fingerprint density at radius 3 is 2.48 bits per heavy atom. The van der Waals surface area contributed by atoms with Gasteiger partial charge >= 0.3 is 12.2 Å². The summed E-state index contributed by atoms with van der Waals surface area (Å²) in [4.78, 5) is 27.1. The minimum Gasteiger partial charge on any atom is -0.487 e. The van der Waals surface area contributed by atoms with E-state index in [9.17, 15) is 22.4 Å². The van der Waals surface area contributed by atoms with Crippen molar-refractivity contribution in [3.05, 3.63) is 24.0 Å². The summed E-state index contributed by atoms with van der Waals surface area (Å²) in [5, 5.41) is 0. The number of likely N-dealkylation sites (tertiary alicyclic amines) is 1. The van der Waals surface area contributed by atoms with Crippen molar-refractivity contribution in [2.75, 3.05) is 37.4 Å². The first kappa shape index (κ1) is 25.0. The maximum atomic E-state index is 14.7. The Kier molecular flexibility index (Phi) is 7.37. The molecule has 0 N–H and O–H groups in total. The third-order valence-electron chi connectivity index (χ3n) is 4.96. The summed E-state index contributed by atoms with van der Waals surface area (Å²) in [6, 6.07) is 4.11. The number of amides is 2. The van der Waals surface area contributed by atoms with Gasteiger partial charge in [0, 0.05) is 32.0 Å². The summed E-state index contributed by atoms with van der Waals surface area (Å²) >= 11 is 0. The minimum absolute atomic E-state index is 0.0249. The van der Waals surface area contributed by atoms with Crippen LogP contribution in [0.5, 0.6) is 5.75 Å². The lowest BCUT2D eigenvalue weighted by Crippen LogP contribution is -2.44. The average Bonchev–Trinajstić information content (AvgIpc) is 3.07. The Balaban J connectivity index is 1.54. The van der Waals surface area contributed by atoms with Gasteiger partial charge in [-0.25, -0.2) is 14.0 Å². The molecule has 33 heavy (non-hydrogen) atoms. The molecule has 184 valence electrons. The SMILES string of the molecule is CC(C)(C)OC(=O)N1CCC(Oc2ccc(N3CC(COS(C)(=O)=O)OC3=O)cc2F)CC1. The maximum absolute atomic E-state index is 14.7. The molecule has 2 heterocycles. The number of benzene rings is 1. The third-order valence-corrected chi connectivity index (χ3v) is 5.52. The summed E-state index contributed by atoms with van der Waals surface area (Å²) in [6.07, 6.45) is -0.202. The summed E-state index contributed by atoms with van der Waals surface area (Å²) in [5.41, 5.74) is -0.316. The number of hydrogen-bond donors (Lipinski definition) is 0. The summed E-state index contributed by atoms with van der Waals surface area (Å²) in [5.74, 6) is -0.607. The van der Waals surface area contributed by atoms with Crippen molar-refractivity contribution in [3.8, 4) is 5.75 Å². The Labute approximate surface area is 192 Å². The molecule has 3 rings (SSSR count). The second-order valence-electron chi connectivity index (χ2n) is 9.00. The molecule has 0 spiro atoms. The summed E-state index contributed by atoms with van der Waals surface area (Å²) < 4.78 is 57.8. The van der Waals surface area contributed by atoms with Crippen LogP contribution in [0.25, 0.3) is 0 Å². The van der Waals surface area contributed by atoms with Crippen molar-refractivity contribution in [1.82, 2.24) is 4.90 Å². The second-order valence-corrected chi connectivity index (χ2v) is 10.6. The Morgan fingerprint density at radius 2 is 1.91 bits per heavy atom. The van der Waals surface area contributed by atoms with Crippen LogP contribution < -0.4 is 9.64 Å². The van der Waals surface area contributed by atoms with Gasteiger partial charge in [-0.05, 0) is 32.9 Å². The van der Waals surface area contributed by atoms with E-state index in [1.807, 2.05) is 0 Å². The molecule has 2 aliphatic rings. The molecule has 0 bridgehead atoms. The Hall–Kier alpha value is -2.60. The highest BCUT2D eigenvalue weighted by molar-refractivity contribution is 7.85. The van der Waals surface area contributed by atoms with Crippen LogP contribution in [-0.2, 0) is 23.8 Å². The normalized spacial score (nSPS) is 20.0. The van der Waals surface area contributed by atoms with Crippen molar-refractivity contribution >= 4 is 28.0 Å². The van der Waals surface area contributed by atoms with Crippen LogP contribution in [0.15, 0.2) is 18.2 Å². The summed E-state index contributed by atoms with van der Waals surface area (Å²) in [7, 11) is -3.67. The summed E-state index contributed by atoms with van der Waals surface area (Å²) in [6.45, 7) is 6.01. The molecule has 2 amide bonds. The maximum Gasteiger partial charge on any atom is 0.414 e. The number of ether oxygens (including phenoxy) is 3. The second kappa shape index (κ2) is 9.72. The smallest absolute Gasteiger partial charge is 0.414 e. The van der Waals surface area contributed by atoms with Crippen molar-refractivity contribution in [1.29, 1.82) is 0 Å². The number of halogens is 1. The van der Waals surface area contributed by atoms with Crippen molar-refractivity contribution in [3.63, 3.8) is 0 Å². The monoisotopic (exact) mass is 488 g/mol. The largest absolute Gasteiger partial charge is 0.487 e. The van der Waals surface area contributed by atoms with Gasteiger partial charge < -0.3 is 19.1 Å². The zero-order chi connectivity index (χ0) is 24.4. The zero-order valence-electron chi connectivity index (χ0n) is 19.1. The average molecular weight is 489 g/mol. The van der Waals surface area contributed by atoms with Crippen LogP contribution in [0.1, 0.15) is 33.6 Å². The highest BCUT2D eigenvalue weighted by Crippen LogP contribution is 2.29. The molecule has 2 aliphatic heterocycles. The van der Waals surface area contributed by atoms with Gasteiger partial charge in [-0.15, -0.1) is 0 Å². The fraction of sp³-hybridized carbons (Fsp3) is 0.619. The third kappa shape index (κ3) is 7.19. The van der Waals surface area contributed by atoms with E-state index in [0.29, 0.717) is 25.9 Å². The van der Waals surface area contributed by atoms with Crippen LogP contribution in [0.2, 0.25) is 0 Å².